The third-order valence-corrected chi connectivity index (χ3v) is 3.42. The topological polar surface area (TPSA) is 46.6 Å². The number of rotatable bonds is 4. The lowest BCUT2D eigenvalue weighted by molar-refractivity contribution is -0.131. The molecule has 0 bridgehead atoms. The van der Waals surface area contributed by atoms with Gasteiger partial charge in [0.1, 0.15) is 6.61 Å². The Morgan fingerprint density at radius 2 is 2.20 bits per heavy atom. The zero-order chi connectivity index (χ0) is 14.5. The van der Waals surface area contributed by atoms with Crippen molar-refractivity contribution >= 4 is 12.0 Å². The van der Waals surface area contributed by atoms with Gasteiger partial charge in [0.2, 0.25) is 5.91 Å². The van der Waals surface area contributed by atoms with Crippen molar-refractivity contribution in [1.29, 1.82) is 0 Å². The number of hydrogen-bond acceptors (Lipinski definition) is 3. The molecule has 4 heteroatoms. The van der Waals surface area contributed by atoms with Gasteiger partial charge in [-0.05, 0) is 18.4 Å². The Hall–Kier alpha value is -2.28. The van der Waals surface area contributed by atoms with Crippen LogP contribution >= 0.6 is 0 Å². The quantitative estimate of drug-likeness (QED) is 0.789. The van der Waals surface area contributed by atoms with Crippen LogP contribution in [0.1, 0.15) is 18.9 Å². The molecule has 1 aromatic carbocycles. The van der Waals surface area contributed by atoms with Crippen molar-refractivity contribution in [3.63, 3.8) is 0 Å². The summed E-state index contributed by atoms with van der Waals surface area (Å²) < 4.78 is 5.01. The number of carbonyl (C=O) groups is 2. The summed E-state index contributed by atoms with van der Waals surface area (Å²) >= 11 is 0. The standard InChI is InChI=1S/C16H17NO3/c1-3-13(4-2)15(18)17-14(11-20-16(17)19)10-12-8-6-5-7-9-12/h1,5-9,13-14H,4,10-11H2,2H3/t13-,14-/m1/s1. The van der Waals surface area contributed by atoms with Gasteiger partial charge in [0.15, 0.2) is 0 Å². The van der Waals surface area contributed by atoms with Gasteiger partial charge in [0, 0.05) is 0 Å². The Morgan fingerprint density at radius 3 is 2.80 bits per heavy atom. The maximum absolute atomic E-state index is 12.3. The first-order valence-electron chi connectivity index (χ1n) is 6.67. The molecule has 104 valence electrons. The van der Waals surface area contributed by atoms with Gasteiger partial charge < -0.3 is 4.74 Å². The molecule has 1 aliphatic heterocycles. The van der Waals surface area contributed by atoms with Crippen molar-refractivity contribution in [3.8, 4) is 12.3 Å². The zero-order valence-electron chi connectivity index (χ0n) is 11.4. The van der Waals surface area contributed by atoms with Crippen LogP contribution in [-0.4, -0.2) is 29.5 Å². The highest BCUT2D eigenvalue weighted by Crippen LogP contribution is 2.20. The highest BCUT2D eigenvalue weighted by Gasteiger charge is 2.39. The maximum atomic E-state index is 12.3. The third kappa shape index (κ3) is 2.83. The predicted octanol–water partition coefficient (Wildman–Crippen LogP) is 2.24. The Morgan fingerprint density at radius 1 is 1.50 bits per heavy atom. The fraction of sp³-hybridized carbons (Fsp3) is 0.375. The lowest BCUT2D eigenvalue weighted by Gasteiger charge is -2.22. The SMILES string of the molecule is C#C[C@H](CC)C(=O)N1C(=O)OC[C@H]1Cc1ccccc1. The van der Waals surface area contributed by atoms with Crippen molar-refractivity contribution in [1.82, 2.24) is 4.90 Å². The van der Waals surface area contributed by atoms with Crippen molar-refractivity contribution in [3.05, 3.63) is 35.9 Å². The molecule has 1 aromatic rings. The Balaban J connectivity index is 2.15. The number of benzene rings is 1. The molecule has 1 fully saturated rings. The molecule has 0 aliphatic carbocycles. The maximum Gasteiger partial charge on any atom is 0.417 e. The number of nitrogens with zero attached hydrogens (tertiary/aromatic N) is 1. The van der Waals surface area contributed by atoms with E-state index in [-0.39, 0.29) is 18.6 Å². The third-order valence-electron chi connectivity index (χ3n) is 3.42. The molecule has 4 nitrogen and oxygen atoms in total. The van der Waals surface area contributed by atoms with Crippen LogP contribution in [0.25, 0.3) is 0 Å². The minimum Gasteiger partial charge on any atom is -0.447 e. The molecule has 2 rings (SSSR count). The van der Waals surface area contributed by atoms with E-state index < -0.39 is 12.0 Å². The van der Waals surface area contributed by atoms with E-state index in [9.17, 15) is 9.59 Å². The zero-order valence-corrected chi connectivity index (χ0v) is 11.4. The summed E-state index contributed by atoms with van der Waals surface area (Å²) in [4.78, 5) is 25.2. The van der Waals surface area contributed by atoms with E-state index in [4.69, 9.17) is 11.2 Å². The molecule has 0 saturated carbocycles. The lowest BCUT2D eigenvalue weighted by Crippen LogP contribution is -2.43. The second-order valence-corrected chi connectivity index (χ2v) is 4.76. The second-order valence-electron chi connectivity index (χ2n) is 4.76. The van der Waals surface area contributed by atoms with E-state index >= 15 is 0 Å². The molecule has 2 amide bonds. The predicted molar refractivity (Wildman–Crippen MR) is 74.7 cm³/mol. The Bertz CT molecular complexity index is 532. The summed E-state index contributed by atoms with van der Waals surface area (Å²) in [7, 11) is 0. The van der Waals surface area contributed by atoms with Gasteiger partial charge in [-0.25, -0.2) is 9.69 Å². The molecule has 20 heavy (non-hydrogen) atoms. The first-order chi connectivity index (χ1) is 9.67. The van der Waals surface area contributed by atoms with Crippen molar-refractivity contribution in [2.45, 2.75) is 25.8 Å². The fourth-order valence-electron chi connectivity index (χ4n) is 2.30. The normalized spacial score (nSPS) is 19.3. The molecule has 1 saturated heterocycles. The molecule has 0 N–H and O–H groups in total. The van der Waals surface area contributed by atoms with Crippen molar-refractivity contribution in [2.24, 2.45) is 5.92 Å². The van der Waals surface area contributed by atoms with Gasteiger partial charge in [-0.1, -0.05) is 43.2 Å². The van der Waals surface area contributed by atoms with Gasteiger partial charge in [0.25, 0.3) is 0 Å². The van der Waals surface area contributed by atoms with Gasteiger partial charge >= 0.3 is 6.09 Å². The van der Waals surface area contributed by atoms with Crippen LogP contribution < -0.4 is 0 Å². The number of carbonyl (C=O) groups excluding carboxylic acids is 2. The van der Waals surface area contributed by atoms with Gasteiger partial charge in [-0.15, -0.1) is 6.42 Å². The summed E-state index contributed by atoms with van der Waals surface area (Å²) in [5.74, 6) is 1.53. The Labute approximate surface area is 118 Å². The van der Waals surface area contributed by atoms with Crippen LogP contribution in [0.3, 0.4) is 0 Å². The van der Waals surface area contributed by atoms with Crippen LogP contribution in [0.2, 0.25) is 0 Å². The van der Waals surface area contributed by atoms with Crippen molar-refractivity contribution < 1.29 is 14.3 Å². The summed E-state index contributed by atoms with van der Waals surface area (Å²) in [5.41, 5.74) is 1.06. The molecular formula is C16H17NO3. The molecule has 2 atom stereocenters. The minimum absolute atomic E-state index is 0.223. The van der Waals surface area contributed by atoms with Crippen LogP contribution in [0.15, 0.2) is 30.3 Å². The molecule has 1 heterocycles. The fourth-order valence-corrected chi connectivity index (χ4v) is 2.30. The smallest absolute Gasteiger partial charge is 0.417 e. The molecule has 0 radical (unpaired) electrons. The number of hydrogen-bond donors (Lipinski definition) is 0. The largest absolute Gasteiger partial charge is 0.447 e. The van der Waals surface area contributed by atoms with E-state index in [1.807, 2.05) is 37.3 Å². The molecule has 1 aliphatic rings. The number of ether oxygens (including phenoxy) is 1. The molecular weight excluding hydrogens is 254 g/mol. The summed E-state index contributed by atoms with van der Waals surface area (Å²) in [6.07, 6.45) is 5.85. The van der Waals surface area contributed by atoms with Crippen molar-refractivity contribution in [2.75, 3.05) is 6.61 Å². The summed E-state index contributed by atoms with van der Waals surface area (Å²) in [6.45, 7) is 2.05. The van der Waals surface area contributed by atoms with E-state index in [0.29, 0.717) is 12.8 Å². The first-order valence-corrected chi connectivity index (χ1v) is 6.67. The number of amides is 2. The van der Waals surface area contributed by atoms with Crippen LogP contribution in [0.4, 0.5) is 4.79 Å². The van der Waals surface area contributed by atoms with Crippen LogP contribution in [-0.2, 0) is 16.0 Å². The average Bonchev–Trinajstić information content (AvgIpc) is 2.82. The molecule has 0 aromatic heterocycles. The molecule has 0 unspecified atom stereocenters. The average molecular weight is 271 g/mol. The monoisotopic (exact) mass is 271 g/mol. The first kappa shape index (κ1) is 14.1. The minimum atomic E-state index is -0.593. The Kier molecular flexibility index (Phi) is 4.41. The second kappa shape index (κ2) is 6.25. The molecule has 0 spiro atoms. The van der Waals surface area contributed by atoms with E-state index in [1.165, 1.54) is 4.90 Å². The van der Waals surface area contributed by atoms with Gasteiger partial charge in [-0.2, -0.15) is 0 Å². The highest BCUT2D eigenvalue weighted by atomic mass is 16.6. The lowest BCUT2D eigenvalue weighted by atomic mass is 10.0. The number of terminal acetylenes is 1. The highest BCUT2D eigenvalue weighted by molar-refractivity contribution is 5.96. The van der Waals surface area contributed by atoms with Gasteiger partial charge in [-0.3, -0.25) is 4.79 Å². The van der Waals surface area contributed by atoms with Gasteiger partial charge in [0.05, 0.1) is 12.0 Å². The van der Waals surface area contributed by atoms with Crippen LogP contribution in [0, 0.1) is 18.3 Å². The van der Waals surface area contributed by atoms with Crippen LogP contribution in [0.5, 0.6) is 0 Å². The summed E-state index contributed by atoms with van der Waals surface area (Å²) in [6, 6.07) is 9.42. The number of imide groups is 1. The van der Waals surface area contributed by atoms with E-state index in [0.717, 1.165) is 5.56 Å². The summed E-state index contributed by atoms with van der Waals surface area (Å²) in [5, 5.41) is 0. The number of cyclic esters (lactones) is 1. The van der Waals surface area contributed by atoms with E-state index in [2.05, 4.69) is 5.92 Å². The van der Waals surface area contributed by atoms with E-state index in [1.54, 1.807) is 0 Å².